The van der Waals surface area contributed by atoms with Crippen LogP contribution < -0.4 is 15.7 Å². The maximum Gasteiger partial charge on any atom is 0.289 e. The number of fused-ring (bicyclic) bond motifs is 10. The Morgan fingerprint density at radius 3 is 2.00 bits per heavy atom. The number of ether oxygens (including phenoxy) is 1. The summed E-state index contributed by atoms with van der Waals surface area (Å²) in [5.41, 5.74) is 14.9. The molecule has 0 amide bonds. The number of benzene rings is 8. The largest absolute Gasteiger partial charge is 0.458 e. The highest BCUT2D eigenvalue weighted by Crippen LogP contribution is 2.45. The third-order valence-electron chi connectivity index (χ3n) is 11.1. The number of para-hydroxylation sites is 3. The summed E-state index contributed by atoms with van der Waals surface area (Å²) in [6.45, 7) is 0. The van der Waals surface area contributed by atoms with Gasteiger partial charge in [-0.3, -0.25) is 0 Å². The molecule has 10 aromatic rings. The Labute approximate surface area is 310 Å². The van der Waals surface area contributed by atoms with Gasteiger partial charge in [0.15, 0.2) is 0 Å². The number of hydrogen-bond donors (Lipinski definition) is 0. The average molecular weight is 694 g/mol. The van der Waals surface area contributed by atoms with E-state index in [1.54, 1.807) is 0 Å². The van der Waals surface area contributed by atoms with Gasteiger partial charge in [0, 0.05) is 38.2 Å². The first kappa shape index (κ1) is 29.2. The quantitative estimate of drug-likeness (QED) is 0.172. The van der Waals surface area contributed by atoms with Crippen LogP contribution >= 0.6 is 11.6 Å². The van der Waals surface area contributed by atoms with Crippen molar-refractivity contribution >= 4 is 72.3 Å². The van der Waals surface area contributed by atoms with Crippen molar-refractivity contribution in [3.05, 3.63) is 170 Å². The Balaban J connectivity index is 1.01. The van der Waals surface area contributed by atoms with Crippen molar-refractivity contribution in [3.8, 4) is 50.6 Å². The highest BCUT2D eigenvalue weighted by molar-refractivity contribution is 8.28. The number of aromatic nitrogens is 1. The number of hydrogen-bond acceptors (Lipinski definition) is 3. The molecule has 246 valence electrons. The minimum Gasteiger partial charge on any atom is -0.458 e. The van der Waals surface area contributed by atoms with E-state index in [1.807, 2.05) is 23.7 Å². The van der Waals surface area contributed by atoms with Crippen LogP contribution in [-0.4, -0.2) is 10.6 Å². The average Bonchev–Trinajstić information content (AvgIpc) is 3.76. The lowest BCUT2D eigenvalue weighted by Crippen LogP contribution is -2.46. The zero-order valence-corrected chi connectivity index (χ0v) is 29.2. The Morgan fingerprint density at radius 2 is 1.15 bits per heavy atom. The lowest BCUT2D eigenvalue weighted by Gasteiger charge is -2.33. The molecule has 5 heteroatoms. The molecule has 0 atom stereocenters. The van der Waals surface area contributed by atoms with Crippen LogP contribution in [0.1, 0.15) is 0 Å². The lowest BCUT2D eigenvalue weighted by atomic mass is 9.57. The molecule has 12 rings (SSSR count). The van der Waals surface area contributed by atoms with Gasteiger partial charge in [-0.1, -0.05) is 103 Å². The maximum atomic E-state index is 7.02. The predicted molar refractivity (Wildman–Crippen MR) is 222 cm³/mol. The minimum atomic E-state index is 0.128. The molecule has 4 heterocycles. The number of furan rings is 1. The van der Waals surface area contributed by atoms with Gasteiger partial charge >= 0.3 is 0 Å². The molecule has 0 saturated carbocycles. The normalized spacial score (nSPS) is 12.9. The van der Waals surface area contributed by atoms with Gasteiger partial charge in [0.05, 0.1) is 11.0 Å². The fraction of sp³-hybridized carbons (Fsp3) is 0. The fourth-order valence-electron chi connectivity index (χ4n) is 8.64. The van der Waals surface area contributed by atoms with E-state index in [0.29, 0.717) is 0 Å². The van der Waals surface area contributed by atoms with Crippen molar-refractivity contribution in [2.24, 2.45) is 0 Å². The molecule has 0 unspecified atom stereocenters. The molecule has 0 saturated heterocycles. The standard InChI is InChI=1S/C48H28BNO2S/c1-5-16-41-34(12-1)35-13-2-6-17-42(35)50(41)33-21-22-40-45(28-33)52-46-27-32(26-39-37-15-4-8-19-47(37)53-49(40)48(39)46)30-11-9-10-29(24-30)31-20-23-44-38(25-31)36-14-3-7-18-43(36)51-44/h1-28H. The van der Waals surface area contributed by atoms with Gasteiger partial charge in [0.2, 0.25) is 0 Å². The first-order valence-electron chi connectivity index (χ1n) is 18.0. The molecule has 2 aliphatic rings. The second kappa shape index (κ2) is 11.0. The monoisotopic (exact) mass is 693 g/mol. The van der Waals surface area contributed by atoms with Crippen LogP contribution in [0.15, 0.2) is 179 Å². The summed E-state index contributed by atoms with van der Waals surface area (Å²) < 4.78 is 15.5. The van der Waals surface area contributed by atoms with Gasteiger partial charge in [-0.25, -0.2) is 0 Å². The van der Waals surface area contributed by atoms with E-state index in [-0.39, 0.29) is 5.99 Å². The van der Waals surface area contributed by atoms with Crippen LogP contribution in [0, 0.1) is 0 Å². The van der Waals surface area contributed by atoms with E-state index in [0.717, 1.165) is 61.4 Å². The molecular weight excluding hydrogens is 665 g/mol. The van der Waals surface area contributed by atoms with E-state index in [9.17, 15) is 0 Å². The summed E-state index contributed by atoms with van der Waals surface area (Å²) in [6, 6.07) is 61.2. The van der Waals surface area contributed by atoms with Crippen molar-refractivity contribution in [2.75, 3.05) is 0 Å². The third-order valence-corrected chi connectivity index (χ3v) is 12.4. The highest BCUT2D eigenvalue weighted by atomic mass is 32.2. The van der Waals surface area contributed by atoms with Crippen LogP contribution in [0.25, 0.3) is 82.8 Å². The first-order valence-corrected chi connectivity index (χ1v) is 18.9. The minimum absolute atomic E-state index is 0.128. The predicted octanol–water partition coefficient (Wildman–Crippen LogP) is 12.0. The zero-order valence-electron chi connectivity index (χ0n) is 28.4. The van der Waals surface area contributed by atoms with Crippen molar-refractivity contribution < 1.29 is 9.15 Å². The molecule has 0 spiro atoms. The third kappa shape index (κ3) is 4.32. The molecule has 53 heavy (non-hydrogen) atoms. The Bertz CT molecular complexity index is 3100. The van der Waals surface area contributed by atoms with Crippen molar-refractivity contribution in [1.82, 2.24) is 4.57 Å². The summed E-state index contributed by atoms with van der Waals surface area (Å²) >= 11 is 1.93. The van der Waals surface area contributed by atoms with Crippen LogP contribution in [0.2, 0.25) is 0 Å². The SMILES string of the molecule is c1cc(-c2cc3c4c(c2)-c2ccccc2SB4c2ccc(-n4c5ccccc5c5ccccc54)cc2O3)cc(-c2ccc3oc4ccccc4c3c2)c1. The Hall–Kier alpha value is -6.43. The lowest BCUT2D eigenvalue weighted by molar-refractivity contribution is 0.488. The van der Waals surface area contributed by atoms with Crippen LogP contribution in [-0.2, 0) is 0 Å². The molecule has 8 aromatic carbocycles. The van der Waals surface area contributed by atoms with E-state index >= 15 is 0 Å². The van der Waals surface area contributed by atoms with E-state index in [4.69, 9.17) is 9.15 Å². The van der Waals surface area contributed by atoms with Gasteiger partial charge in [-0.2, -0.15) is 11.6 Å². The van der Waals surface area contributed by atoms with Crippen molar-refractivity contribution in [2.45, 2.75) is 4.90 Å². The van der Waals surface area contributed by atoms with Gasteiger partial charge < -0.3 is 13.7 Å². The second-order valence-corrected chi connectivity index (χ2v) is 15.2. The molecule has 3 nitrogen and oxygen atoms in total. The van der Waals surface area contributed by atoms with Crippen LogP contribution in [0.5, 0.6) is 11.5 Å². The molecule has 0 aliphatic carbocycles. The van der Waals surface area contributed by atoms with E-state index in [1.165, 1.54) is 48.8 Å². The van der Waals surface area contributed by atoms with Gasteiger partial charge in [0.25, 0.3) is 5.99 Å². The van der Waals surface area contributed by atoms with Crippen molar-refractivity contribution in [1.29, 1.82) is 0 Å². The Morgan fingerprint density at radius 1 is 0.453 bits per heavy atom. The van der Waals surface area contributed by atoms with E-state index < -0.39 is 0 Å². The molecule has 0 N–H and O–H groups in total. The molecule has 2 aromatic heterocycles. The molecule has 2 aliphatic heterocycles. The maximum absolute atomic E-state index is 7.02. The highest BCUT2D eigenvalue weighted by Gasteiger charge is 2.39. The van der Waals surface area contributed by atoms with Crippen molar-refractivity contribution in [3.63, 3.8) is 0 Å². The summed E-state index contributed by atoms with van der Waals surface area (Å²) in [4.78, 5) is 1.29. The first-order chi connectivity index (χ1) is 26.2. The smallest absolute Gasteiger partial charge is 0.289 e. The summed E-state index contributed by atoms with van der Waals surface area (Å²) in [5, 5.41) is 4.77. The summed E-state index contributed by atoms with van der Waals surface area (Å²) in [6.07, 6.45) is 0. The molecular formula is C48H28BNO2S. The second-order valence-electron chi connectivity index (χ2n) is 14.0. The van der Waals surface area contributed by atoms with Gasteiger partial charge in [-0.15, -0.1) is 0 Å². The molecule has 0 radical (unpaired) electrons. The molecule has 0 bridgehead atoms. The van der Waals surface area contributed by atoms with Crippen LogP contribution in [0.3, 0.4) is 0 Å². The topological polar surface area (TPSA) is 27.3 Å². The summed E-state index contributed by atoms with van der Waals surface area (Å²) in [5.74, 6) is 1.96. The van der Waals surface area contributed by atoms with Crippen LogP contribution in [0.4, 0.5) is 0 Å². The number of nitrogens with zero attached hydrogens (tertiary/aromatic N) is 1. The van der Waals surface area contributed by atoms with Gasteiger partial charge in [-0.05, 0) is 105 Å². The zero-order chi connectivity index (χ0) is 34.6. The Kier molecular flexibility index (Phi) is 6.08. The molecule has 0 fully saturated rings. The van der Waals surface area contributed by atoms with E-state index in [2.05, 4.69) is 162 Å². The summed E-state index contributed by atoms with van der Waals surface area (Å²) in [7, 11) is 0. The number of rotatable bonds is 3. The van der Waals surface area contributed by atoms with Gasteiger partial charge in [0.1, 0.15) is 22.7 Å². The fourth-order valence-corrected chi connectivity index (χ4v) is 10.0.